The Kier molecular flexibility index (Phi) is 5.46. The molecule has 25 heavy (non-hydrogen) atoms. The Morgan fingerprint density at radius 1 is 1.28 bits per heavy atom. The Hall–Kier alpha value is -1.43. The molecule has 0 aromatic carbocycles. The van der Waals surface area contributed by atoms with Gasteiger partial charge in [0.25, 0.3) is 0 Å². The highest BCUT2D eigenvalue weighted by molar-refractivity contribution is 7.47. The molecule has 1 saturated heterocycles. The van der Waals surface area contributed by atoms with Crippen LogP contribution in [0.4, 0.5) is 5.82 Å². The number of ether oxygens (including phenoxy) is 1. The first-order valence-corrected chi connectivity index (χ1v) is 9.39. The van der Waals surface area contributed by atoms with E-state index in [1.165, 1.54) is 17.2 Å². The molecule has 0 bridgehead atoms. The second-order valence-electron chi connectivity index (χ2n) is 5.06. The zero-order valence-electron chi connectivity index (χ0n) is 12.4. The highest BCUT2D eigenvalue weighted by Gasteiger charge is 2.44. The van der Waals surface area contributed by atoms with Crippen LogP contribution in [0.3, 0.4) is 0 Å². The Bertz CT molecular complexity index is 818. The quantitative estimate of drug-likeness (QED) is 0.429. The number of aromatic nitrogens is 4. The zero-order valence-corrected chi connectivity index (χ0v) is 14.4. The predicted octanol–water partition coefficient (Wildman–Crippen LogP) is -1.17. The topological polar surface area (TPSA) is 192 Å². The first kappa shape index (κ1) is 18.4. The monoisotopic (exact) mass is 395 g/mol. The molecule has 2 unspecified atom stereocenters. The molecule has 138 valence electrons. The molecule has 0 amide bonds. The number of aliphatic hydroxyl groups is 2. The van der Waals surface area contributed by atoms with Gasteiger partial charge in [0.2, 0.25) is 0 Å². The lowest BCUT2D eigenvalue weighted by atomic mass is 10.1. The van der Waals surface area contributed by atoms with E-state index in [-0.39, 0.29) is 5.82 Å². The first-order chi connectivity index (χ1) is 11.9. The van der Waals surface area contributed by atoms with Gasteiger partial charge in [-0.1, -0.05) is 0 Å². The summed E-state index contributed by atoms with van der Waals surface area (Å²) in [6.45, 7) is -0.425. The van der Waals surface area contributed by atoms with Gasteiger partial charge in [-0.3, -0.25) is 13.7 Å². The van der Waals surface area contributed by atoms with Gasteiger partial charge >= 0.3 is 16.5 Å². The van der Waals surface area contributed by atoms with E-state index in [1.54, 1.807) is 0 Å². The number of imidazole rings is 1. The molecule has 5 N–H and O–H groups in total. The minimum Gasteiger partial charge on any atom is -0.387 e. The van der Waals surface area contributed by atoms with E-state index in [4.69, 9.17) is 19.9 Å². The largest absolute Gasteiger partial charge is 0.387 e. The smallest absolute Gasteiger partial charge is 0.326 e. The predicted molar refractivity (Wildman–Crippen MR) is 82.9 cm³/mol. The van der Waals surface area contributed by atoms with Crippen LogP contribution in [0.2, 0.25) is 0 Å². The van der Waals surface area contributed by atoms with Gasteiger partial charge < -0.3 is 30.1 Å². The summed E-state index contributed by atoms with van der Waals surface area (Å²) in [4.78, 5) is 20.4. The summed E-state index contributed by atoms with van der Waals surface area (Å²) in [6.07, 6.45) is -2.30. The Labute approximate surface area is 141 Å². The number of nitrogens with zero attached hydrogens (tertiary/aromatic N) is 4. The molecule has 13 nitrogen and oxygen atoms in total. The molecular formula is C10H15N5O8P2. The fourth-order valence-corrected chi connectivity index (χ4v) is 3.51. The van der Waals surface area contributed by atoms with Crippen LogP contribution >= 0.6 is 16.5 Å². The number of hydrogen-bond donors (Lipinski definition) is 4. The maximum atomic E-state index is 11.3. The van der Waals surface area contributed by atoms with Crippen molar-refractivity contribution in [1.29, 1.82) is 0 Å². The summed E-state index contributed by atoms with van der Waals surface area (Å²) >= 11 is 0. The van der Waals surface area contributed by atoms with Gasteiger partial charge in [0.15, 0.2) is 17.7 Å². The minimum absolute atomic E-state index is 0.145. The van der Waals surface area contributed by atoms with Crippen molar-refractivity contribution in [2.24, 2.45) is 0 Å². The highest BCUT2D eigenvalue weighted by Crippen LogP contribution is 2.38. The lowest BCUT2D eigenvalue weighted by Crippen LogP contribution is -2.33. The van der Waals surface area contributed by atoms with Gasteiger partial charge in [0, 0.05) is 0 Å². The van der Waals surface area contributed by atoms with Gasteiger partial charge in [-0.25, -0.2) is 19.3 Å². The van der Waals surface area contributed by atoms with Gasteiger partial charge in [-0.15, -0.1) is 0 Å². The highest BCUT2D eigenvalue weighted by atomic mass is 31.2. The SMILES string of the molecule is Nc1ncnc2c1ncn2[C@@H]1O[C@H](CO[PH](=O)O[PH](=O)O)[C@@H](O)[C@H]1O. The lowest BCUT2D eigenvalue weighted by molar-refractivity contribution is -0.0475. The normalized spacial score (nSPS) is 29.1. The van der Waals surface area contributed by atoms with E-state index in [9.17, 15) is 19.3 Å². The maximum absolute atomic E-state index is 11.3. The van der Waals surface area contributed by atoms with Gasteiger partial charge in [-0.05, 0) is 0 Å². The Morgan fingerprint density at radius 2 is 2.04 bits per heavy atom. The number of hydrogen-bond acceptors (Lipinski definition) is 11. The third-order valence-electron chi connectivity index (χ3n) is 3.53. The molecule has 1 fully saturated rings. The average molecular weight is 395 g/mol. The van der Waals surface area contributed by atoms with E-state index in [1.807, 2.05) is 0 Å². The molecular weight excluding hydrogens is 380 g/mol. The summed E-state index contributed by atoms with van der Waals surface area (Å²) in [7, 11) is -6.63. The van der Waals surface area contributed by atoms with Crippen molar-refractivity contribution in [3.63, 3.8) is 0 Å². The molecule has 15 heteroatoms. The van der Waals surface area contributed by atoms with E-state index in [2.05, 4.69) is 19.3 Å². The molecule has 6 atom stereocenters. The Balaban J connectivity index is 1.74. The van der Waals surface area contributed by atoms with Crippen molar-refractivity contribution in [3.8, 4) is 0 Å². The van der Waals surface area contributed by atoms with E-state index in [0.29, 0.717) is 11.2 Å². The molecule has 3 rings (SSSR count). The molecule has 1 aliphatic heterocycles. The fourth-order valence-electron chi connectivity index (χ4n) is 2.40. The van der Waals surface area contributed by atoms with Crippen molar-refractivity contribution < 1.29 is 37.8 Å². The summed E-state index contributed by atoms with van der Waals surface area (Å²) in [5, 5.41) is 20.3. The van der Waals surface area contributed by atoms with Crippen molar-refractivity contribution in [2.75, 3.05) is 12.3 Å². The Morgan fingerprint density at radius 3 is 2.76 bits per heavy atom. The van der Waals surface area contributed by atoms with Gasteiger partial charge in [0.05, 0.1) is 12.9 Å². The van der Waals surface area contributed by atoms with Crippen LogP contribution in [0, 0.1) is 0 Å². The third kappa shape index (κ3) is 3.73. The molecule has 0 saturated carbocycles. The molecule has 1 aliphatic rings. The van der Waals surface area contributed by atoms with Crippen molar-refractivity contribution in [3.05, 3.63) is 12.7 Å². The number of nitrogens with two attached hydrogens (primary N) is 1. The number of anilines is 1. The summed E-state index contributed by atoms with van der Waals surface area (Å²) in [5.74, 6) is 0.145. The second kappa shape index (κ2) is 7.44. The molecule has 3 heterocycles. The van der Waals surface area contributed by atoms with E-state index < -0.39 is 47.7 Å². The standard InChI is InChI=1S/C10H15N5O8P2/c11-8-5-9(13-2-12-8)15(3-14-5)10-7(17)6(16)4(22-10)1-21-25(20)23-24(18)19/h2-4,6-7,10,16-17,24-25H,1H2,(H,18,19)(H2,11,12,13)/t4-,6-,7-,10-/m1/s1. The van der Waals surface area contributed by atoms with E-state index in [0.717, 1.165) is 0 Å². The summed E-state index contributed by atoms with van der Waals surface area (Å²) < 4.78 is 37.5. The number of nitrogen functional groups attached to an aromatic ring is 1. The van der Waals surface area contributed by atoms with Crippen LogP contribution in [0.5, 0.6) is 0 Å². The van der Waals surface area contributed by atoms with Crippen LogP contribution < -0.4 is 5.73 Å². The first-order valence-electron chi connectivity index (χ1n) is 6.90. The molecule has 2 aromatic rings. The van der Waals surface area contributed by atoms with Crippen molar-refractivity contribution in [2.45, 2.75) is 24.5 Å². The lowest BCUT2D eigenvalue weighted by Gasteiger charge is -2.16. The number of rotatable bonds is 6. The second-order valence-corrected chi connectivity index (χ2v) is 7.20. The number of aliphatic hydroxyl groups excluding tert-OH is 2. The summed E-state index contributed by atoms with van der Waals surface area (Å²) in [5.41, 5.74) is 6.29. The third-order valence-corrected chi connectivity index (χ3v) is 5.30. The fraction of sp³-hybridized carbons (Fsp3) is 0.500. The van der Waals surface area contributed by atoms with Gasteiger partial charge in [-0.2, -0.15) is 0 Å². The van der Waals surface area contributed by atoms with Crippen LogP contribution in [0.15, 0.2) is 12.7 Å². The van der Waals surface area contributed by atoms with E-state index >= 15 is 0 Å². The van der Waals surface area contributed by atoms with Crippen LogP contribution in [0.1, 0.15) is 6.23 Å². The van der Waals surface area contributed by atoms with Crippen molar-refractivity contribution in [1.82, 2.24) is 19.5 Å². The zero-order chi connectivity index (χ0) is 18.1. The van der Waals surface area contributed by atoms with Crippen molar-refractivity contribution >= 4 is 33.5 Å². The van der Waals surface area contributed by atoms with Crippen LogP contribution in [-0.2, 0) is 22.7 Å². The maximum Gasteiger partial charge on any atom is 0.326 e. The van der Waals surface area contributed by atoms with Gasteiger partial charge in [0.1, 0.15) is 30.2 Å². The summed E-state index contributed by atoms with van der Waals surface area (Å²) in [6, 6.07) is 0. The molecule has 0 aliphatic carbocycles. The molecule has 0 radical (unpaired) electrons. The average Bonchev–Trinajstić information content (AvgIpc) is 3.09. The van der Waals surface area contributed by atoms with Crippen LogP contribution in [0.25, 0.3) is 11.2 Å². The molecule has 2 aromatic heterocycles. The minimum atomic E-state index is -3.41. The van der Waals surface area contributed by atoms with Crippen LogP contribution in [-0.4, -0.2) is 59.5 Å². The number of fused-ring (bicyclic) bond motifs is 1. The molecule has 0 spiro atoms.